The molecule has 6 nitrogen and oxygen atoms in total. The Morgan fingerprint density at radius 1 is 1.00 bits per heavy atom. The zero-order valence-corrected chi connectivity index (χ0v) is 14.7. The van der Waals surface area contributed by atoms with Crippen LogP contribution < -0.4 is 16.0 Å². The molecule has 25 heavy (non-hydrogen) atoms. The maximum Gasteiger partial charge on any atom is 0.138 e. The minimum Gasteiger partial charge on any atom is -0.370 e. The van der Waals surface area contributed by atoms with Crippen molar-refractivity contribution in [1.82, 2.24) is 20.1 Å². The second-order valence-corrected chi connectivity index (χ2v) is 7.36. The van der Waals surface area contributed by atoms with Crippen molar-refractivity contribution in [2.24, 2.45) is 5.73 Å². The van der Waals surface area contributed by atoms with Crippen molar-refractivity contribution in [2.45, 2.75) is 56.7 Å². The van der Waals surface area contributed by atoms with Crippen LogP contribution in [0.2, 0.25) is 0 Å². The van der Waals surface area contributed by atoms with Gasteiger partial charge in [-0.1, -0.05) is 12.8 Å². The quantitative estimate of drug-likeness (QED) is 0.892. The molecule has 1 aromatic heterocycles. The number of hydrogen-bond donors (Lipinski definition) is 2. The molecule has 1 saturated heterocycles. The van der Waals surface area contributed by atoms with Crippen molar-refractivity contribution in [3.8, 4) is 5.69 Å². The molecule has 0 spiro atoms. The van der Waals surface area contributed by atoms with E-state index in [4.69, 9.17) is 5.73 Å². The first-order valence-corrected chi connectivity index (χ1v) is 9.51. The lowest BCUT2D eigenvalue weighted by Gasteiger charge is -2.39. The van der Waals surface area contributed by atoms with Gasteiger partial charge >= 0.3 is 0 Å². The van der Waals surface area contributed by atoms with Crippen molar-refractivity contribution in [2.75, 3.05) is 18.0 Å². The van der Waals surface area contributed by atoms with E-state index in [-0.39, 0.29) is 0 Å². The molecule has 0 bridgehead atoms. The van der Waals surface area contributed by atoms with Crippen LogP contribution in [0.4, 0.5) is 5.69 Å². The lowest BCUT2D eigenvalue weighted by Crippen LogP contribution is -2.55. The number of nitrogens with two attached hydrogens (primary N) is 1. The van der Waals surface area contributed by atoms with Crippen molar-refractivity contribution in [3.05, 3.63) is 36.9 Å². The smallest absolute Gasteiger partial charge is 0.138 e. The molecule has 0 radical (unpaired) electrons. The van der Waals surface area contributed by atoms with Crippen molar-refractivity contribution >= 4 is 5.69 Å². The number of piperidine rings is 1. The van der Waals surface area contributed by atoms with E-state index in [0.717, 1.165) is 25.2 Å². The molecule has 134 valence electrons. The molecule has 6 heteroatoms. The fraction of sp³-hybridized carbons (Fsp3) is 0.579. The summed E-state index contributed by atoms with van der Waals surface area (Å²) in [6, 6.07) is 9.95. The number of rotatable bonds is 4. The van der Waals surface area contributed by atoms with Gasteiger partial charge in [-0.25, -0.2) is 9.67 Å². The van der Waals surface area contributed by atoms with Gasteiger partial charge in [0.25, 0.3) is 0 Å². The van der Waals surface area contributed by atoms with Crippen molar-refractivity contribution < 1.29 is 0 Å². The van der Waals surface area contributed by atoms with Gasteiger partial charge in [0, 0.05) is 36.9 Å². The average molecular weight is 340 g/mol. The van der Waals surface area contributed by atoms with E-state index >= 15 is 0 Å². The number of benzene rings is 1. The van der Waals surface area contributed by atoms with Crippen molar-refractivity contribution in [1.29, 1.82) is 0 Å². The fourth-order valence-corrected chi connectivity index (χ4v) is 4.17. The predicted molar refractivity (Wildman–Crippen MR) is 100.0 cm³/mol. The Morgan fingerprint density at radius 2 is 1.80 bits per heavy atom. The molecule has 2 aromatic rings. The van der Waals surface area contributed by atoms with Crippen LogP contribution in [0.1, 0.15) is 38.5 Å². The largest absolute Gasteiger partial charge is 0.370 e. The Bertz CT molecular complexity index is 653. The van der Waals surface area contributed by atoms with Gasteiger partial charge in [-0.05, 0) is 49.9 Å². The van der Waals surface area contributed by atoms with Crippen LogP contribution in [0, 0.1) is 0 Å². The third-order valence-corrected chi connectivity index (χ3v) is 5.59. The van der Waals surface area contributed by atoms with Crippen molar-refractivity contribution in [3.63, 3.8) is 0 Å². The first kappa shape index (κ1) is 16.5. The summed E-state index contributed by atoms with van der Waals surface area (Å²) >= 11 is 0. The highest BCUT2D eigenvalue weighted by Gasteiger charge is 2.27. The predicted octanol–water partition coefficient (Wildman–Crippen LogP) is 2.10. The van der Waals surface area contributed by atoms with E-state index in [1.807, 2.05) is 0 Å². The zero-order chi connectivity index (χ0) is 17.1. The maximum atomic E-state index is 6.32. The number of hydrogen-bond acceptors (Lipinski definition) is 5. The molecule has 1 aliphatic heterocycles. The SMILES string of the molecule is N[C@@H]1CCCC[C@H]1NC1CCCN(c2ccc(-n3cncn3)cc2)C1. The number of nitrogens with zero attached hydrogens (tertiary/aromatic N) is 4. The lowest BCUT2D eigenvalue weighted by molar-refractivity contribution is 0.282. The minimum absolute atomic E-state index is 0.325. The summed E-state index contributed by atoms with van der Waals surface area (Å²) in [4.78, 5) is 6.49. The van der Waals surface area contributed by atoms with Crippen LogP contribution in [0.3, 0.4) is 0 Å². The van der Waals surface area contributed by atoms with E-state index in [0.29, 0.717) is 18.1 Å². The van der Waals surface area contributed by atoms with Gasteiger partial charge in [-0.3, -0.25) is 0 Å². The summed E-state index contributed by atoms with van der Waals surface area (Å²) in [5.41, 5.74) is 8.64. The lowest BCUT2D eigenvalue weighted by atomic mass is 9.89. The second kappa shape index (κ2) is 7.54. The van der Waals surface area contributed by atoms with E-state index in [2.05, 4.69) is 44.6 Å². The van der Waals surface area contributed by atoms with Gasteiger partial charge in [-0.15, -0.1) is 0 Å². The summed E-state index contributed by atoms with van der Waals surface area (Å²) < 4.78 is 1.79. The highest BCUT2D eigenvalue weighted by Crippen LogP contribution is 2.23. The van der Waals surface area contributed by atoms with Crippen LogP contribution in [-0.4, -0.2) is 46.0 Å². The standard InChI is InChI=1S/C19H28N6/c20-18-5-1-2-6-19(18)23-15-4-3-11-24(12-15)16-7-9-17(10-8-16)25-14-21-13-22-25/h7-10,13-15,18-19,23H,1-6,11-12,20H2/t15?,18-,19-/m1/s1. The molecule has 0 amide bonds. The van der Waals surface area contributed by atoms with Crippen LogP contribution in [0.25, 0.3) is 5.69 Å². The van der Waals surface area contributed by atoms with Gasteiger partial charge in [0.05, 0.1) is 5.69 Å². The number of aromatic nitrogens is 3. The Kier molecular flexibility index (Phi) is 4.99. The van der Waals surface area contributed by atoms with Crippen LogP contribution in [0.15, 0.2) is 36.9 Å². The Hall–Kier alpha value is -1.92. The summed E-state index contributed by atoms with van der Waals surface area (Å²) in [5, 5.41) is 8.03. The third kappa shape index (κ3) is 3.85. The first-order valence-electron chi connectivity index (χ1n) is 9.51. The molecule has 2 aliphatic rings. The highest BCUT2D eigenvalue weighted by molar-refractivity contribution is 5.51. The zero-order valence-electron chi connectivity index (χ0n) is 14.7. The molecule has 1 unspecified atom stereocenters. The molecule has 3 atom stereocenters. The molecule has 1 aliphatic carbocycles. The third-order valence-electron chi connectivity index (χ3n) is 5.59. The normalized spacial score (nSPS) is 27.4. The maximum absolute atomic E-state index is 6.32. The summed E-state index contributed by atoms with van der Waals surface area (Å²) in [6.07, 6.45) is 10.7. The van der Waals surface area contributed by atoms with E-state index in [9.17, 15) is 0 Å². The highest BCUT2D eigenvalue weighted by atomic mass is 15.3. The van der Waals surface area contributed by atoms with Crippen LogP contribution >= 0.6 is 0 Å². The van der Waals surface area contributed by atoms with Gasteiger partial charge in [-0.2, -0.15) is 5.10 Å². The fourth-order valence-electron chi connectivity index (χ4n) is 4.17. The Balaban J connectivity index is 1.39. The van der Waals surface area contributed by atoms with Gasteiger partial charge < -0.3 is 16.0 Å². The topological polar surface area (TPSA) is 72.0 Å². The van der Waals surface area contributed by atoms with E-state index in [1.54, 1.807) is 17.3 Å². The molecule has 2 fully saturated rings. The Labute approximate surface area is 149 Å². The minimum atomic E-state index is 0.325. The number of anilines is 1. The molecule has 3 N–H and O–H groups in total. The first-order chi connectivity index (χ1) is 12.3. The summed E-state index contributed by atoms with van der Waals surface area (Å²) in [7, 11) is 0. The molecule has 1 aromatic carbocycles. The second-order valence-electron chi connectivity index (χ2n) is 7.36. The molecular formula is C19H28N6. The van der Waals surface area contributed by atoms with Gasteiger partial charge in [0.15, 0.2) is 0 Å². The van der Waals surface area contributed by atoms with Crippen LogP contribution in [0.5, 0.6) is 0 Å². The van der Waals surface area contributed by atoms with E-state index in [1.165, 1.54) is 37.8 Å². The van der Waals surface area contributed by atoms with Gasteiger partial charge in [0.1, 0.15) is 12.7 Å². The molecule has 1 saturated carbocycles. The summed E-state index contributed by atoms with van der Waals surface area (Å²) in [6.45, 7) is 2.18. The molecular weight excluding hydrogens is 312 g/mol. The average Bonchev–Trinajstić information content (AvgIpc) is 3.19. The molecule has 4 rings (SSSR count). The van der Waals surface area contributed by atoms with Gasteiger partial charge in [0.2, 0.25) is 0 Å². The van der Waals surface area contributed by atoms with E-state index < -0.39 is 0 Å². The summed E-state index contributed by atoms with van der Waals surface area (Å²) in [5.74, 6) is 0. The molecule has 2 heterocycles. The monoisotopic (exact) mass is 340 g/mol. The number of nitrogens with one attached hydrogen (secondary N) is 1. The Morgan fingerprint density at radius 3 is 2.56 bits per heavy atom. The van der Waals surface area contributed by atoms with Crippen LogP contribution in [-0.2, 0) is 0 Å².